The van der Waals surface area contributed by atoms with E-state index in [-0.39, 0.29) is 5.83 Å². The molecule has 0 nitrogen and oxygen atoms in total. The Bertz CT molecular complexity index is 386. The van der Waals surface area contributed by atoms with Crippen molar-refractivity contribution >= 4 is 17.2 Å². The standard InChI is InChI=1S/C13H16ClF/c1-9(12(15)13(2,3)4)10-6-5-7-11(14)8-10/h5-8H,1-4H3/b12-9+. The van der Waals surface area contributed by atoms with Gasteiger partial charge >= 0.3 is 0 Å². The zero-order valence-corrected chi connectivity index (χ0v) is 10.3. The van der Waals surface area contributed by atoms with Crippen LogP contribution in [0.4, 0.5) is 4.39 Å². The Balaban J connectivity index is 3.19. The molecule has 0 unspecified atom stereocenters. The number of allylic oxidation sites excluding steroid dienone is 2. The fourth-order valence-electron chi connectivity index (χ4n) is 1.41. The second kappa shape index (κ2) is 4.36. The predicted molar refractivity (Wildman–Crippen MR) is 64.6 cm³/mol. The fourth-order valence-corrected chi connectivity index (χ4v) is 1.60. The van der Waals surface area contributed by atoms with Gasteiger partial charge in [-0.3, -0.25) is 0 Å². The quantitative estimate of drug-likeness (QED) is 0.626. The van der Waals surface area contributed by atoms with Gasteiger partial charge in [-0.2, -0.15) is 0 Å². The first-order valence-electron chi connectivity index (χ1n) is 4.95. The smallest absolute Gasteiger partial charge is 0.109 e. The fraction of sp³-hybridized carbons (Fsp3) is 0.385. The molecule has 0 N–H and O–H groups in total. The molecule has 0 aliphatic heterocycles. The van der Waals surface area contributed by atoms with E-state index in [4.69, 9.17) is 11.6 Å². The highest BCUT2D eigenvalue weighted by atomic mass is 35.5. The van der Waals surface area contributed by atoms with E-state index >= 15 is 0 Å². The van der Waals surface area contributed by atoms with Gasteiger partial charge in [0, 0.05) is 10.4 Å². The van der Waals surface area contributed by atoms with E-state index in [0.29, 0.717) is 10.6 Å². The lowest BCUT2D eigenvalue weighted by Gasteiger charge is -2.18. The lowest BCUT2D eigenvalue weighted by Crippen LogP contribution is -2.07. The topological polar surface area (TPSA) is 0 Å². The molecule has 2 heteroatoms. The molecule has 1 aromatic rings. The van der Waals surface area contributed by atoms with Crippen molar-refractivity contribution in [3.63, 3.8) is 0 Å². The van der Waals surface area contributed by atoms with Crippen LogP contribution in [-0.4, -0.2) is 0 Å². The molecule has 0 saturated heterocycles. The third-order valence-electron chi connectivity index (χ3n) is 2.25. The number of hydrogen-bond donors (Lipinski definition) is 0. The summed E-state index contributed by atoms with van der Waals surface area (Å²) in [7, 11) is 0. The highest BCUT2D eigenvalue weighted by Gasteiger charge is 2.20. The summed E-state index contributed by atoms with van der Waals surface area (Å²) in [5.74, 6) is -0.0928. The summed E-state index contributed by atoms with van der Waals surface area (Å²) in [5, 5.41) is 0.633. The average molecular weight is 227 g/mol. The molecule has 0 radical (unpaired) electrons. The molecule has 0 atom stereocenters. The molecule has 0 spiro atoms. The van der Waals surface area contributed by atoms with Gasteiger partial charge in [-0.1, -0.05) is 44.5 Å². The highest BCUT2D eigenvalue weighted by Crippen LogP contribution is 2.33. The van der Waals surface area contributed by atoms with E-state index in [1.807, 2.05) is 32.9 Å². The Labute approximate surface area is 95.8 Å². The zero-order valence-electron chi connectivity index (χ0n) is 9.57. The summed E-state index contributed by atoms with van der Waals surface area (Å²) in [6, 6.07) is 7.26. The number of halogens is 2. The molecule has 1 aromatic carbocycles. The summed E-state index contributed by atoms with van der Waals surface area (Å²) in [6.45, 7) is 7.36. The lowest BCUT2D eigenvalue weighted by atomic mass is 9.90. The Morgan fingerprint density at radius 2 is 1.87 bits per heavy atom. The van der Waals surface area contributed by atoms with Gasteiger partial charge in [0.25, 0.3) is 0 Å². The predicted octanol–water partition coefficient (Wildman–Crippen LogP) is 5.09. The van der Waals surface area contributed by atoms with Gasteiger partial charge in [-0.15, -0.1) is 0 Å². The van der Waals surface area contributed by atoms with Crippen molar-refractivity contribution in [3.8, 4) is 0 Å². The van der Waals surface area contributed by atoms with E-state index in [0.717, 1.165) is 5.56 Å². The van der Waals surface area contributed by atoms with Crippen molar-refractivity contribution in [2.75, 3.05) is 0 Å². The molecular weight excluding hydrogens is 211 g/mol. The maximum absolute atomic E-state index is 14.0. The molecule has 82 valence electrons. The van der Waals surface area contributed by atoms with Crippen LogP contribution in [0.1, 0.15) is 33.3 Å². The molecular formula is C13H16ClF. The van der Waals surface area contributed by atoms with Gasteiger partial charge in [-0.25, -0.2) is 4.39 Å². The van der Waals surface area contributed by atoms with Crippen molar-refractivity contribution < 1.29 is 4.39 Å². The Hall–Kier alpha value is -0.820. The summed E-state index contributed by atoms with van der Waals surface area (Å²) in [6.07, 6.45) is 0. The second-order valence-corrected chi connectivity index (χ2v) is 5.14. The van der Waals surface area contributed by atoms with Crippen LogP contribution in [0.2, 0.25) is 5.02 Å². The summed E-state index contributed by atoms with van der Waals surface area (Å²) < 4.78 is 14.0. The van der Waals surface area contributed by atoms with E-state index in [1.165, 1.54) is 0 Å². The van der Waals surface area contributed by atoms with Crippen LogP contribution in [0, 0.1) is 5.41 Å². The molecule has 0 aliphatic rings. The number of rotatable bonds is 1. The van der Waals surface area contributed by atoms with Gasteiger partial charge in [-0.05, 0) is 30.2 Å². The largest absolute Gasteiger partial charge is 0.211 e. The minimum Gasteiger partial charge on any atom is -0.211 e. The maximum Gasteiger partial charge on any atom is 0.109 e. The molecule has 0 heterocycles. The number of benzene rings is 1. The zero-order chi connectivity index (χ0) is 11.6. The minimum atomic E-state index is -0.452. The SMILES string of the molecule is C/C(=C(\F)C(C)(C)C)c1cccc(Cl)c1. The second-order valence-electron chi connectivity index (χ2n) is 4.70. The van der Waals surface area contributed by atoms with E-state index in [9.17, 15) is 4.39 Å². The van der Waals surface area contributed by atoms with Crippen LogP contribution in [0.15, 0.2) is 30.1 Å². The van der Waals surface area contributed by atoms with Crippen LogP contribution in [-0.2, 0) is 0 Å². The maximum atomic E-state index is 14.0. The minimum absolute atomic E-state index is 0.0928. The Morgan fingerprint density at radius 3 is 2.33 bits per heavy atom. The van der Waals surface area contributed by atoms with Crippen molar-refractivity contribution in [2.24, 2.45) is 5.41 Å². The van der Waals surface area contributed by atoms with Crippen molar-refractivity contribution in [1.29, 1.82) is 0 Å². The molecule has 0 saturated carbocycles. The van der Waals surface area contributed by atoms with Crippen molar-refractivity contribution in [1.82, 2.24) is 0 Å². The Kier molecular flexibility index (Phi) is 3.56. The van der Waals surface area contributed by atoms with Crippen LogP contribution in [0.3, 0.4) is 0 Å². The van der Waals surface area contributed by atoms with Gasteiger partial charge < -0.3 is 0 Å². The van der Waals surface area contributed by atoms with Gasteiger partial charge in [0.15, 0.2) is 0 Å². The summed E-state index contributed by atoms with van der Waals surface area (Å²) >= 11 is 5.86. The van der Waals surface area contributed by atoms with Crippen LogP contribution < -0.4 is 0 Å². The first-order valence-corrected chi connectivity index (χ1v) is 5.33. The van der Waals surface area contributed by atoms with Crippen molar-refractivity contribution in [2.45, 2.75) is 27.7 Å². The highest BCUT2D eigenvalue weighted by molar-refractivity contribution is 6.30. The van der Waals surface area contributed by atoms with E-state index in [1.54, 1.807) is 19.1 Å². The van der Waals surface area contributed by atoms with Crippen LogP contribution >= 0.6 is 11.6 Å². The number of hydrogen-bond acceptors (Lipinski definition) is 0. The molecule has 15 heavy (non-hydrogen) atoms. The third kappa shape index (κ3) is 3.07. The van der Waals surface area contributed by atoms with Crippen LogP contribution in [0.5, 0.6) is 0 Å². The Morgan fingerprint density at radius 1 is 1.27 bits per heavy atom. The summed E-state index contributed by atoms with van der Waals surface area (Å²) in [4.78, 5) is 0. The van der Waals surface area contributed by atoms with Gasteiger partial charge in [0.2, 0.25) is 0 Å². The van der Waals surface area contributed by atoms with E-state index in [2.05, 4.69) is 0 Å². The molecule has 0 bridgehead atoms. The first kappa shape index (κ1) is 12.3. The molecule has 0 aromatic heterocycles. The average Bonchev–Trinajstić information content (AvgIpc) is 2.14. The molecule has 0 fully saturated rings. The van der Waals surface area contributed by atoms with Gasteiger partial charge in [0.05, 0.1) is 0 Å². The van der Waals surface area contributed by atoms with Gasteiger partial charge in [0.1, 0.15) is 5.83 Å². The van der Waals surface area contributed by atoms with Crippen molar-refractivity contribution in [3.05, 3.63) is 40.7 Å². The van der Waals surface area contributed by atoms with Crippen LogP contribution in [0.25, 0.3) is 5.57 Å². The normalized spacial score (nSPS) is 13.7. The molecule has 0 amide bonds. The molecule has 1 rings (SSSR count). The molecule has 0 aliphatic carbocycles. The summed E-state index contributed by atoms with van der Waals surface area (Å²) in [5.41, 5.74) is 1.05. The first-order chi connectivity index (χ1) is 6.82. The monoisotopic (exact) mass is 226 g/mol. The third-order valence-corrected chi connectivity index (χ3v) is 2.48. The van der Waals surface area contributed by atoms with E-state index < -0.39 is 5.41 Å². The lowest BCUT2D eigenvalue weighted by molar-refractivity contribution is 0.386.